The van der Waals surface area contributed by atoms with Gasteiger partial charge in [0.05, 0.1) is 16.2 Å². The Balaban J connectivity index is 0. The van der Waals surface area contributed by atoms with E-state index >= 15 is 0 Å². The first-order valence-electron chi connectivity index (χ1n) is 11.6. The van der Waals surface area contributed by atoms with Gasteiger partial charge >= 0.3 is 29.6 Å². The molecule has 28 heavy (non-hydrogen) atoms. The molecule has 0 radical (unpaired) electrons. The maximum absolute atomic E-state index is 10.5. The van der Waals surface area contributed by atoms with Crippen LogP contribution in [0.25, 0.3) is 0 Å². The van der Waals surface area contributed by atoms with Gasteiger partial charge in [0.25, 0.3) is 0 Å². The fraction of sp³-hybridized carbons (Fsp3) is 1.00. The minimum absolute atomic E-state index is 0. The molecule has 0 saturated carbocycles. The summed E-state index contributed by atoms with van der Waals surface area (Å²) in [4.78, 5) is 0. The standard InChI is InChI=1S/C22H46O4S.Na/c1-2-3-4-5-13-16-19-22(23)20-17-14-11-9-7-6-8-10-12-15-18-21-27(24,25)26;/h22-23H,2-21H2,1H3,(H,24,25,26);/q;+1/p-1. The maximum atomic E-state index is 10.5. The van der Waals surface area contributed by atoms with E-state index in [1.165, 1.54) is 77.0 Å². The van der Waals surface area contributed by atoms with Gasteiger partial charge in [0.2, 0.25) is 0 Å². The number of rotatable bonds is 21. The minimum atomic E-state index is -4.02. The quantitative estimate of drug-likeness (QED) is 0.173. The van der Waals surface area contributed by atoms with Gasteiger partial charge in [-0.15, -0.1) is 0 Å². The third kappa shape index (κ3) is 26.9. The number of unbranched alkanes of at least 4 members (excludes halogenated alkanes) is 15. The molecule has 0 spiro atoms. The van der Waals surface area contributed by atoms with Crippen molar-refractivity contribution >= 4 is 10.1 Å². The van der Waals surface area contributed by atoms with Gasteiger partial charge in [-0.1, -0.05) is 110 Å². The topological polar surface area (TPSA) is 77.4 Å². The normalized spacial score (nSPS) is 12.7. The van der Waals surface area contributed by atoms with E-state index in [1.54, 1.807) is 0 Å². The molecule has 0 aromatic carbocycles. The second-order valence-corrected chi connectivity index (χ2v) is 9.67. The molecule has 0 saturated heterocycles. The summed E-state index contributed by atoms with van der Waals surface area (Å²) in [5.41, 5.74) is 0. The second kappa shape index (κ2) is 22.6. The Bertz CT molecular complexity index is 401. The molecule has 0 bridgehead atoms. The summed E-state index contributed by atoms with van der Waals surface area (Å²) in [7, 11) is -4.02. The van der Waals surface area contributed by atoms with Crippen LogP contribution in [0.3, 0.4) is 0 Å². The summed E-state index contributed by atoms with van der Waals surface area (Å²) < 4.78 is 31.4. The van der Waals surface area contributed by atoms with Gasteiger partial charge in [0.1, 0.15) is 0 Å². The second-order valence-electron chi connectivity index (χ2n) is 8.15. The molecule has 1 atom stereocenters. The van der Waals surface area contributed by atoms with Crippen LogP contribution in [0.5, 0.6) is 0 Å². The molecule has 0 heterocycles. The maximum Gasteiger partial charge on any atom is 1.00 e. The minimum Gasteiger partial charge on any atom is -0.748 e. The zero-order valence-electron chi connectivity index (χ0n) is 18.8. The van der Waals surface area contributed by atoms with E-state index in [4.69, 9.17) is 0 Å². The molecule has 0 aromatic heterocycles. The van der Waals surface area contributed by atoms with E-state index in [0.717, 1.165) is 38.5 Å². The Kier molecular flexibility index (Phi) is 25.0. The van der Waals surface area contributed by atoms with E-state index in [2.05, 4.69) is 6.92 Å². The van der Waals surface area contributed by atoms with Crippen molar-refractivity contribution in [1.29, 1.82) is 0 Å². The van der Waals surface area contributed by atoms with Crippen molar-refractivity contribution in [3.63, 3.8) is 0 Å². The van der Waals surface area contributed by atoms with Gasteiger partial charge in [0, 0.05) is 5.75 Å². The van der Waals surface area contributed by atoms with Crippen LogP contribution in [0.2, 0.25) is 0 Å². The number of aliphatic hydroxyl groups is 1. The molecule has 4 nitrogen and oxygen atoms in total. The fourth-order valence-corrected chi connectivity index (χ4v) is 4.11. The van der Waals surface area contributed by atoms with E-state index < -0.39 is 10.1 Å². The van der Waals surface area contributed by atoms with E-state index in [1.807, 2.05) is 0 Å². The summed E-state index contributed by atoms with van der Waals surface area (Å²) in [6.07, 6.45) is 21.8. The molecule has 0 aromatic rings. The van der Waals surface area contributed by atoms with Crippen molar-refractivity contribution in [2.45, 2.75) is 135 Å². The summed E-state index contributed by atoms with van der Waals surface area (Å²) in [6, 6.07) is 0. The Morgan fingerprint density at radius 3 is 1.32 bits per heavy atom. The van der Waals surface area contributed by atoms with E-state index in [0.29, 0.717) is 6.42 Å². The monoisotopic (exact) mass is 428 g/mol. The van der Waals surface area contributed by atoms with Crippen molar-refractivity contribution in [1.82, 2.24) is 0 Å². The van der Waals surface area contributed by atoms with Crippen LogP contribution in [-0.4, -0.2) is 29.9 Å². The number of aliphatic hydroxyl groups excluding tert-OH is 1. The van der Waals surface area contributed by atoms with Crippen LogP contribution < -0.4 is 29.6 Å². The smallest absolute Gasteiger partial charge is 0.748 e. The van der Waals surface area contributed by atoms with Gasteiger partial charge in [-0.25, -0.2) is 8.42 Å². The Labute approximate surface area is 197 Å². The first-order valence-corrected chi connectivity index (χ1v) is 13.1. The predicted octanol–water partition coefficient (Wildman–Crippen LogP) is 3.33. The molecule has 0 fully saturated rings. The van der Waals surface area contributed by atoms with Crippen LogP contribution in [0.15, 0.2) is 0 Å². The molecule has 164 valence electrons. The average molecular weight is 429 g/mol. The zero-order valence-corrected chi connectivity index (χ0v) is 21.6. The molecule has 0 aliphatic rings. The van der Waals surface area contributed by atoms with Gasteiger partial charge < -0.3 is 9.66 Å². The molecule has 0 rings (SSSR count). The Morgan fingerprint density at radius 2 is 0.964 bits per heavy atom. The van der Waals surface area contributed by atoms with Gasteiger partial charge in [-0.3, -0.25) is 0 Å². The van der Waals surface area contributed by atoms with Crippen molar-refractivity contribution in [3.05, 3.63) is 0 Å². The molecule has 6 heteroatoms. The summed E-state index contributed by atoms with van der Waals surface area (Å²) in [5, 5.41) is 10.0. The zero-order chi connectivity index (χ0) is 20.2. The Hall–Kier alpha value is 0.870. The largest absolute Gasteiger partial charge is 1.00 e. The van der Waals surface area contributed by atoms with E-state index in [9.17, 15) is 18.1 Å². The molecular formula is C22H45NaO4S. The Morgan fingerprint density at radius 1 is 0.643 bits per heavy atom. The molecular weight excluding hydrogens is 383 g/mol. The van der Waals surface area contributed by atoms with Gasteiger partial charge in [-0.05, 0) is 19.3 Å². The van der Waals surface area contributed by atoms with Crippen molar-refractivity contribution in [3.8, 4) is 0 Å². The first-order chi connectivity index (χ1) is 13.0. The van der Waals surface area contributed by atoms with Gasteiger partial charge in [0.15, 0.2) is 0 Å². The van der Waals surface area contributed by atoms with Crippen LogP contribution in [-0.2, 0) is 10.1 Å². The average Bonchev–Trinajstić information content (AvgIpc) is 2.61. The molecule has 1 N–H and O–H groups in total. The van der Waals surface area contributed by atoms with Crippen molar-refractivity contribution in [2.75, 3.05) is 5.75 Å². The third-order valence-electron chi connectivity index (χ3n) is 5.32. The third-order valence-corrected chi connectivity index (χ3v) is 6.11. The SMILES string of the molecule is CCCCCCCCC(O)CCCCCCCCCCCCCS(=O)(=O)[O-].[Na+]. The summed E-state index contributed by atoms with van der Waals surface area (Å²) in [5.74, 6) is -0.208. The first kappa shape index (κ1) is 31.1. The number of hydrogen-bond donors (Lipinski definition) is 1. The van der Waals surface area contributed by atoms with Crippen LogP contribution in [0.1, 0.15) is 129 Å². The van der Waals surface area contributed by atoms with Crippen molar-refractivity contribution in [2.24, 2.45) is 0 Å². The van der Waals surface area contributed by atoms with E-state index in [-0.39, 0.29) is 41.4 Å². The molecule has 0 aliphatic heterocycles. The number of hydrogen-bond acceptors (Lipinski definition) is 4. The molecule has 0 amide bonds. The molecule has 0 aliphatic carbocycles. The summed E-state index contributed by atoms with van der Waals surface area (Å²) >= 11 is 0. The van der Waals surface area contributed by atoms with Crippen LogP contribution >= 0.6 is 0 Å². The fourth-order valence-electron chi connectivity index (χ4n) is 3.55. The predicted molar refractivity (Wildman–Crippen MR) is 114 cm³/mol. The van der Waals surface area contributed by atoms with Crippen LogP contribution in [0, 0.1) is 0 Å². The van der Waals surface area contributed by atoms with Crippen molar-refractivity contribution < 1.29 is 47.6 Å². The van der Waals surface area contributed by atoms with Crippen LogP contribution in [0.4, 0.5) is 0 Å². The van der Waals surface area contributed by atoms with Gasteiger partial charge in [-0.2, -0.15) is 0 Å². The molecule has 1 unspecified atom stereocenters. The summed E-state index contributed by atoms with van der Waals surface area (Å²) in [6.45, 7) is 2.24.